The second-order valence-corrected chi connectivity index (χ2v) is 10.2. The molecule has 0 radical (unpaired) electrons. The zero-order valence-electron chi connectivity index (χ0n) is 23.6. The highest BCUT2D eigenvalue weighted by molar-refractivity contribution is 6.01. The summed E-state index contributed by atoms with van der Waals surface area (Å²) in [6.45, 7) is 0. The van der Waals surface area contributed by atoms with Crippen molar-refractivity contribution in [3.63, 3.8) is 0 Å². The second-order valence-electron chi connectivity index (χ2n) is 10.2. The summed E-state index contributed by atoms with van der Waals surface area (Å²) in [5.74, 6) is -2.22. The van der Waals surface area contributed by atoms with E-state index in [2.05, 4.69) is 25.7 Å². The van der Waals surface area contributed by atoms with Crippen molar-refractivity contribution in [1.82, 2.24) is 25.1 Å². The summed E-state index contributed by atoms with van der Waals surface area (Å²) in [5, 5.41) is 10.1. The monoisotopic (exact) mass is 586 g/mol. The van der Waals surface area contributed by atoms with Gasteiger partial charge in [0.2, 0.25) is 5.91 Å². The van der Waals surface area contributed by atoms with Crippen LogP contribution in [-0.4, -0.2) is 37.6 Å². The molecule has 218 valence electrons. The van der Waals surface area contributed by atoms with E-state index in [0.717, 1.165) is 11.1 Å². The van der Waals surface area contributed by atoms with Crippen molar-refractivity contribution < 1.29 is 14.0 Å². The van der Waals surface area contributed by atoms with E-state index in [4.69, 9.17) is 0 Å². The molecule has 3 aromatic heterocycles. The summed E-state index contributed by atoms with van der Waals surface area (Å²) in [5.41, 5.74) is 2.73. The number of hydrogen-bond donors (Lipinski definition) is 3. The van der Waals surface area contributed by atoms with Crippen molar-refractivity contribution in [2.24, 2.45) is 7.05 Å². The van der Waals surface area contributed by atoms with Crippen molar-refractivity contribution >= 4 is 28.4 Å². The molecule has 1 atom stereocenters. The van der Waals surface area contributed by atoms with Gasteiger partial charge in [0.25, 0.3) is 11.5 Å². The van der Waals surface area contributed by atoms with Gasteiger partial charge in [-0.25, -0.2) is 4.39 Å². The van der Waals surface area contributed by atoms with Crippen molar-refractivity contribution in [3.8, 4) is 11.1 Å². The number of nitrogens with one attached hydrogen (secondary N) is 3. The molecule has 0 spiro atoms. The molecule has 9 nitrogen and oxygen atoms in total. The summed E-state index contributed by atoms with van der Waals surface area (Å²) in [7, 11) is 1.64. The van der Waals surface area contributed by atoms with Crippen LogP contribution in [0.3, 0.4) is 0 Å². The van der Waals surface area contributed by atoms with Gasteiger partial charge in [0, 0.05) is 48.4 Å². The van der Waals surface area contributed by atoms with Crippen LogP contribution >= 0.6 is 0 Å². The van der Waals surface area contributed by atoms with Crippen LogP contribution in [0.4, 0.5) is 10.1 Å². The Kier molecular flexibility index (Phi) is 7.79. The van der Waals surface area contributed by atoms with Gasteiger partial charge >= 0.3 is 0 Å². The Bertz CT molecular complexity index is 1980. The molecule has 0 saturated heterocycles. The zero-order chi connectivity index (χ0) is 30.6. The standard InChI is InChI=1S/C34H27FN6O3/c1-41-28(16-18-38-41)33(43)40-31(29(21-9-4-2-5-10-21)22-11-6-3-7-12-22)34(44)39-23-14-15-24(27(35)19-23)26-20-37-32(42)25-13-8-17-36-30(25)26/h2-20,29,31H,1H3,(H,37,42)(H,39,44)(H,40,43)/t31-/m0/s1. The van der Waals surface area contributed by atoms with Crippen LogP contribution in [0.1, 0.15) is 27.5 Å². The first-order chi connectivity index (χ1) is 21.4. The number of benzene rings is 3. The van der Waals surface area contributed by atoms with E-state index in [-0.39, 0.29) is 22.5 Å². The van der Waals surface area contributed by atoms with Crippen LogP contribution in [0.15, 0.2) is 120 Å². The van der Waals surface area contributed by atoms with E-state index < -0.39 is 29.6 Å². The van der Waals surface area contributed by atoms with Crippen molar-refractivity contribution in [3.05, 3.63) is 149 Å². The summed E-state index contributed by atoms with van der Waals surface area (Å²) in [4.78, 5) is 46.6. The second kappa shape index (κ2) is 12.1. The maximum Gasteiger partial charge on any atom is 0.270 e. The smallest absolute Gasteiger partial charge is 0.270 e. The Balaban J connectivity index is 1.37. The first-order valence-corrected chi connectivity index (χ1v) is 13.9. The predicted octanol–water partition coefficient (Wildman–Crippen LogP) is 5.03. The molecule has 3 N–H and O–H groups in total. The number of anilines is 1. The molecule has 0 aliphatic carbocycles. The van der Waals surface area contributed by atoms with Crippen molar-refractivity contribution in [2.75, 3.05) is 5.32 Å². The number of pyridine rings is 2. The van der Waals surface area contributed by atoms with E-state index >= 15 is 4.39 Å². The Hall–Kier alpha value is -5.90. The van der Waals surface area contributed by atoms with Crippen LogP contribution in [0.2, 0.25) is 0 Å². The number of carbonyl (C=O) groups excluding carboxylic acids is 2. The number of H-pyrrole nitrogens is 1. The van der Waals surface area contributed by atoms with Gasteiger partial charge < -0.3 is 15.6 Å². The molecule has 3 aromatic carbocycles. The molecule has 0 aliphatic heterocycles. The van der Waals surface area contributed by atoms with Crippen molar-refractivity contribution in [1.29, 1.82) is 0 Å². The van der Waals surface area contributed by atoms with Crippen LogP contribution in [0.25, 0.3) is 22.0 Å². The predicted molar refractivity (Wildman–Crippen MR) is 166 cm³/mol. The first-order valence-electron chi connectivity index (χ1n) is 13.9. The lowest BCUT2D eigenvalue weighted by Gasteiger charge is -2.28. The molecule has 10 heteroatoms. The van der Waals surface area contributed by atoms with Crippen LogP contribution < -0.4 is 16.2 Å². The third-order valence-electron chi connectivity index (χ3n) is 7.46. The molecule has 2 amide bonds. The van der Waals surface area contributed by atoms with E-state index in [9.17, 15) is 14.4 Å². The van der Waals surface area contributed by atoms with Gasteiger partial charge in [-0.2, -0.15) is 5.10 Å². The number of hydrogen-bond acceptors (Lipinski definition) is 5. The average molecular weight is 587 g/mol. The van der Waals surface area contributed by atoms with E-state index in [1.807, 2.05) is 60.7 Å². The number of aromatic amines is 1. The highest BCUT2D eigenvalue weighted by atomic mass is 19.1. The number of amides is 2. The molecule has 6 rings (SSSR count). The highest BCUT2D eigenvalue weighted by Gasteiger charge is 2.33. The van der Waals surface area contributed by atoms with E-state index in [1.54, 1.807) is 31.3 Å². The first kappa shape index (κ1) is 28.2. The maximum absolute atomic E-state index is 15.6. The van der Waals surface area contributed by atoms with Gasteiger partial charge in [-0.1, -0.05) is 60.7 Å². The quantitative estimate of drug-likeness (QED) is 0.231. The molecule has 3 heterocycles. The third kappa shape index (κ3) is 5.60. The molecule has 0 saturated carbocycles. The molecule has 0 unspecified atom stereocenters. The number of nitrogens with zero attached hydrogens (tertiary/aromatic N) is 3. The molecular formula is C34H27FN6O3. The minimum Gasteiger partial charge on any atom is -0.338 e. The summed E-state index contributed by atoms with van der Waals surface area (Å²) in [6.07, 6.45) is 4.46. The fourth-order valence-electron chi connectivity index (χ4n) is 5.33. The van der Waals surface area contributed by atoms with E-state index in [1.165, 1.54) is 35.4 Å². The number of rotatable bonds is 8. The van der Waals surface area contributed by atoms with Gasteiger partial charge in [0.15, 0.2) is 0 Å². The largest absolute Gasteiger partial charge is 0.338 e. The van der Waals surface area contributed by atoms with E-state index in [0.29, 0.717) is 16.5 Å². The lowest BCUT2D eigenvalue weighted by atomic mass is 9.84. The Labute approximate surface area is 251 Å². The normalized spacial score (nSPS) is 11.8. The topological polar surface area (TPSA) is 122 Å². The van der Waals surface area contributed by atoms with Gasteiger partial charge in [0.05, 0.1) is 10.9 Å². The molecule has 0 aliphatic rings. The molecule has 6 aromatic rings. The van der Waals surface area contributed by atoms with Gasteiger partial charge in [0.1, 0.15) is 17.6 Å². The zero-order valence-corrected chi connectivity index (χ0v) is 23.6. The van der Waals surface area contributed by atoms with Crippen LogP contribution in [-0.2, 0) is 11.8 Å². The van der Waals surface area contributed by atoms with Gasteiger partial charge in [-0.3, -0.25) is 24.0 Å². The lowest BCUT2D eigenvalue weighted by molar-refractivity contribution is -0.118. The molecule has 0 bridgehead atoms. The highest BCUT2D eigenvalue weighted by Crippen LogP contribution is 2.31. The number of fused-ring (bicyclic) bond motifs is 1. The van der Waals surface area contributed by atoms with Gasteiger partial charge in [-0.05, 0) is 47.5 Å². The average Bonchev–Trinajstić information content (AvgIpc) is 3.48. The third-order valence-corrected chi connectivity index (χ3v) is 7.46. The Morgan fingerprint density at radius 3 is 2.20 bits per heavy atom. The minimum absolute atomic E-state index is 0.192. The van der Waals surface area contributed by atoms with Crippen LogP contribution in [0, 0.1) is 5.82 Å². The fourth-order valence-corrected chi connectivity index (χ4v) is 5.33. The van der Waals surface area contributed by atoms with Gasteiger partial charge in [-0.15, -0.1) is 0 Å². The SMILES string of the molecule is Cn1nccc1C(=O)N[C@H](C(=O)Nc1ccc(-c2c[nH]c(=O)c3cccnc23)c(F)c1)C(c1ccccc1)c1ccccc1. The van der Waals surface area contributed by atoms with Crippen molar-refractivity contribution in [2.45, 2.75) is 12.0 Å². The Morgan fingerprint density at radius 2 is 1.57 bits per heavy atom. The summed E-state index contributed by atoms with van der Waals surface area (Å²) >= 11 is 0. The number of aromatic nitrogens is 4. The molecule has 0 fully saturated rings. The maximum atomic E-state index is 15.6. The molecular weight excluding hydrogens is 559 g/mol. The summed E-state index contributed by atoms with van der Waals surface area (Å²) < 4.78 is 17.0. The van der Waals surface area contributed by atoms with Crippen LogP contribution in [0.5, 0.6) is 0 Å². The summed E-state index contributed by atoms with van der Waals surface area (Å²) in [6, 6.07) is 26.8. The minimum atomic E-state index is -1.09. The number of aryl methyl sites for hydroxylation is 1. The fraction of sp³-hybridized carbons (Fsp3) is 0.0882. The number of carbonyl (C=O) groups is 2. The molecule has 44 heavy (non-hydrogen) atoms. The Morgan fingerprint density at radius 1 is 0.864 bits per heavy atom. The number of halogens is 1. The lowest BCUT2D eigenvalue weighted by Crippen LogP contribution is -2.48.